The number of nitrogen functional groups attached to an aromatic ring is 1. The van der Waals surface area contributed by atoms with Crippen LogP contribution in [0.3, 0.4) is 0 Å². The summed E-state index contributed by atoms with van der Waals surface area (Å²) in [4.78, 5) is 14.2. The lowest BCUT2D eigenvalue weighted by Crippen LogP contribution is -2.41. The molecular weight excluding hydrogens is 273 g/mol. The van der Waals surface area contributed by atoms with E-state index in [4.69, 9.17) is 10.5 Å². The zero-order valence-corrected chi connectivity index (χ0v) is 12.3. The van der Waals surface area contributed by atoms with Crippen molar-refractivity contribution in [3.05, 3.63) is 24.0 Å². The molecule has 1 aromatic carbocycles. The topological polar surface area (TPSA) is 67.6 Å². The number of amides is 1. The molecule has 1 heterocycles. The van der Waals surface area contributed by atoms with Crippen LogP contribution in [0, 0.1) is 5.82 Å². The number of nitrogens with one attached hydrogen (secondary N) is 1. The maximum absolute atomic E-state index is 12.9. The highest BCUT2D eigenvalue weighted by molar-refractivity contribution is 5.93. The maximum Gasteiger partial charge on any atom is 0.224 e. The van der Waals surface area contributed by atoms with E-state index in [2.05, 4.69) is 17.1 Å². The average Bonchev–Trinajstić information content (AvgIpc) is 2.42. The van der Waals surface area contributed by atoms with Crippen LogP contribution in [0.4, 0.5) is 15.8 Å². The normalized spacial score (nSPS) is 19.4. The largest absolute Gasteiger partial charge is 0.397 e. The Morgan fingerprint density at radius 1 is 1.57 bits per heavy atom. The van der Waals surface area contributed by atoms with E-state index in [1.165, 1.54) is 18.2 Å². The number of nitrogens with two attached hydrogens (primary N) is 1. The Morgan fingerprint density at radius 2 is 2.38 bits per heavy atom. The Hall–Kier alpha value is -1.66. The third kappa shape index (κ3) is 4.99. The van der Waals surface area contributed by atoms with E-state index >= 15 is 0 Å². The third-order valence-electron chi connectivity index (χ3n) is 3.49. The Morgan fingerprint density at radius 3 is 3.10 bits per heavy atom. The number of morpholine rings is 1. The zero-order chi connectivity index (χ0) is 15.2. The van der Waals surface area contributed by atoms with E-state index < -0.39 is 5.82 Å². The molecule has 2 rings (SSSR count). The van der Waals surface area contributed by atoms with Crippen molar-refractivity contribution < 1.29 is 13.9 Å². The van der Waals surface area contributed by atoms with Gasteiger partial charge in [0, 0.05) is 19.5 Å². The van der Waals surface area contributed by atoms with Crippen LogP contribution in [0.15, 0.2) is 18.2 Å². The first-order valence-electron chi connectivity index (χ1n) is 7.23. The van der Waals surface area contributed by atoms with Crippen molar-refractivity contribution in [1.29, 1.82) is 0 Å². The highest BCUT2D eigenvalue weighted by Crippen LogP contribution is 2.19. The van der Waals surface area contributed by atoms with Gasteiger partial charge in [0.25, 0.3) is 0 Å². The van der Waals surface area contributed by atoms with Gasteiger partial charge in [-0.15, -0.1) is 0 Å². The van der Waals surface area contributed by atoms with Gasteiger partial charge >= 0.3 is 0 Å². The molecule has 0 radical (unpaired) electrons. The molecule has 0 aliphatic carbocycles. The third-order valence-corrected chi connectivity index (χ3v) is 3.49. The van der Waals surface area contributed by atoms with E-state index in [1.54, 1.807) is 0 Å². The van der Waals surface area contributed by atoms with Gasteiger partial charge in [0.1, 0.15) is 5.82 Å². The summed E-state index contributed by atoms with van der Waals surface area (Å²) >= 11 is 0. The molecule has 1 amide bonds. The molecule has 116 valence electrons. The molecule has 1 aliphatic heterocycles. The van der Waals surface area contributed by atoms with Crippen molar-refractivity contribution in [2.24, 2.45) is 0 Å². The molecule has 1 aliphatic rings. The smallest absolute Gasteiger partial charge is 0.224 e. The van der Waals surface area contributed by atoms with Crippen LogP contribution < -0.4 is 11.1 Å². The molecular formula is C15H22FN3O2. The molecule has 1 unspecified atom stereocenters. The second kappa shape index (κ2) is 7.38. The highest BCUT2D eigenvalue weighted by atomic mass is 19.1. The number of hydrogen-bond acceptors (Lipinski definition) is 4. The fourth-order valence-corrected chi connectivity index (χ4v) is 2.42. The fourth-order valence-electron chi connectivity index (χ4n) is 2.42. The summed E-state index contributed by atoms with van der Waals surface area (Å²) < 4.78 is 18.4. The maximum atomic E-state index is 12.9. The van der Waals surface area contributed by atoms with Crippen molar-refractivity contribution in [3.63, 3.8) is 0 Å². The number of nitrogens with zero attached hydrogens (tertiary/aromatic N) is 1. The summed E-state index contributed by atoms with van der Waals surface area (Å²) in [6.45, 7) is 5.50. The highest BCUT2D eigenvalue weighted by Gasteiger charge is 2.16. The van der Waals surface area contributed by atoms with Crippen molar-refractivity contribution in [1.82, 2.24) is 4.90 Å². The molecule has 21 heavy (non-hydrogen) atoms. The van der Waals surface area contributed by atoms with Gasteiger partial charge in [0.2, 0.25) is 5.91 Å². The number of carbonyl (C=O) groups excluding carboxylic acids is 1. The SMILES string of the molecule is CC1CN(CCCC(=O)Nc2ccc(F)cc2N)CCO1. The number of ether oxygens (including phenoxy) is 1. The number of benzene rings is 1. The Kier molecular flexibility index (Phi) is 5.52. The molecule has 0 spiro atoms. The number of anilines is 2. The number of hydrogen-bond donors (Lipinski definition) is 2. The van der Waals surface area contributed by atoms with Crippen molar-refractivity contribution in [2.75, 3.05) is 37.3 Å². The summed E-state index contributed by atoms with van der Waals surface area (Å²) in [6.07, 6.45) is 1.45. The molecule has 1 aromatic rings. The Bertz CT molecular complexity index is 496. The first kappa shape index (κ1) is 15.7. The van der Waals surface area contributed by atoms with Gasteiger partial charge in [-0.25, -0.2) is 4.39 Å². The van der Waals surface area contributed by atoms with E-state index in [0.717, 1.165) is 32.7 Å². The molecule has 5 nitrogen and oxygen atoms in total. The van der Waals surface area contributed by atoms with Crippen molar-refractivity contribution in [3.8, 4) is 0 Å². The van der Waals surface area contributed by atoms with Crippen molar-refractivity contribution >= 4 is 17.3 Å². The lowest BCUT2D eigenvalue weighted by atomic mass is 10.2. The summed E-state index contributed by atoms with van der Waals surface area (Å²) in [5.41, 5.74) is 6.35. The predicted molar refractivity (Wildman–Crippen MR) is 80.5 cm³/mol. The number of halogens is 1. The van der Waals surface area contributed by atoms with E-state index in [0.29, 0.717) is 12.1 Å². The minimum absolute atomic E-state index is 0.102. The van der Waals surface area contributed by atoms with Gasteiger partial charge in [-0.1, -0.05) is 0 Å². The molecule has 1 fully saturated rings. The fraction of sp³-hybridized carbons (Fsp3) is 0.533. The molecule has 0 saturated carbocycles. The van der Waals surface area contributed by atoms with Crippen LogP contribution in [-0.4, -0.2) is 43.2 Å². The molecule has 3 N–H and O–H groups in total. The number of carbonyl (C=O) groups is 1. The van der Waals surface area contributed by atoms with Crippen LogP contribution in [0.1, 0.15) is 19.8 Å². The van der Waals surface area contributed by atoms with Crippen LogP contribution in [-0.2, 0) is 9.53 Å². The second-order valence-electron chi connectivity index (χ2n) is 5.37. The molecule has 1 saturated heterocycles. The standard InChI is InChI=1S/C15H22FN3O2/c1-11-10-19(7-8-21-11)6-2-3-15(20)18-14-5-4-12(16)9-13(14)17/h4-5,9,11H,2-3,6-8,10,17H2,1H3,(H,18,20). The molecule has 0 bridgehead atoms. The van der Waals surface area contributed by atoms with Gasteiger partial charge in [-0.05, 0) is 38.1 Å². The Labute approximate surface area is 124 Å². The van der Waals surface area contributed by atoms with Gasteiger partial charge < -0.3 is 15.8 Å². The number of rotatable bonds is 5. The van der Waals surface area contributed by atoms with Crippen LogP contribution in [0.2, 0.25) is 0 Å². The monoisotopic (exact) mass is 295 g/mol. The first-order chi connectivity index (χ1) is 10.0. The summed E-state index contributed by atoms with van der Waals surface area (Å²) in [7, 11) is 0. The van der Waals surface area contributed by atoms with Crippen molar-refractivity contribution in [2.45, 2.75) is 25.9 Å². The summed E-state index contributed by atoms with van der Waals surface area (Å²) in [5, 5.41) is 2.71. The summed E-state index contributed by atoms with van der Waals surface area (Å²) in [5.74, 6) is -0.512. The van der Waals surface area contributed by atoms with Gasteiger partial charge in [-0.2, -0.15) is 0 Å². The minimum Gasteiger partial charge on any atom is -0.397 e. The van der Waals surface area contributed by atoms with Gasteiger partial charge in [0.05, 0.1) is 24.1 Å². The zero-order valence-electron chi connectivity index (χ0n) is 12.3. The van der Waals surface area contributed by atoms with Gasteiger partial charge in [-0.3, -0.25) is 9.69 Å². The minimum atomic E-state index is -0.410. The first-order valence-corrected chi connectivity index (χ1v) is 7.23. The summed E-state index contributed by atoms with van der Waals surface area (Å²) in [6, 6.07) is 3.96. The van der Waals surface area contributed by atoms with Crippen LogP contribution >= 0.6 is 0 Å². The second-order valence-corrected chi connectivity index (χ2v) is 5.37. The van der Waals surface area contributed by atoms with Gasteiger partial charge in [0.15, 0.2) is 0 Å². The van der Waals surface area contributed by atoms with E-state index in [1.807, 2.05) is 0 Å². The lowest BCUT2D eigenvalue weighted by molar-refractivity contribution is -0.116. The molecule has 0 aromatic heterocycles. The molecule has 1 atom stereocenters. The van der Waals surface area contributed by atoms with E-state index in [9.17, 15) is 9.18 Å². The molecule has 6 heteroatoms. The predicted octanol–water partition coefficient (Wildman–Crippen LogP) is 1.85. The lowest BCUT2D eigenvalue weighted by Gasteiger charge is -2.30. The van der Waals surface area contributed by atoms with E-state index in [-0.39, 0.29) is 17.7 Å². The van der Waals surface area contributed by atoms with Crippen LogP contribution in [0.25, 0.3) is 0 Å². The Balaban J connectivity index is 1.72. The van der Waals surface area contributed by atoms with Crippen LogP contribution in [0.5, 0.6) is 0 Å². The quantitative estimate of drug-likeness (QED) is 0.814. The average molecular weight is 295 g/mol.